The summed E-state index contributed by atoms with van der Waals surface area (Å²) >= 11 is 3.35. The molecule has 0 saturated carbocycles. The second-order valence-electron chi connectivity index (χ2n) is 3.44. The molecule has 1 rings (SSSR count). The van der Waals surface area contributed by atoms with Crippen molar-refractivity contribution in [1.29, 1.82) is 0 Å². The maximum Gasteiger partial charge on any atom is 0.271 e. The molecule has 0 bridgehead atoms. The number of aromatic nitrogens is 1. The maximum atomic E-state index is 12.1. The molecule has 86 valence electrons. The second kappa shape index (κ2) is 5.70. The lowest BCUT2D eigenvalue weighted by Crippen LogP contribution is -2.32. The van der Waals surface area contributed by atoms with Crippen LogP contribution in [0.15, 0.2) is 42.0 Å². The number of hydrogen-bond donors (Lipinski definition) is 0. The van der Waals surface area contributed by atoms with E-state index in [0.29, 0.717) is 18.8 Å². The van der Waals surface area contributed by atoms with Crippen LogP contribution in [0.25, 0.3) is 0 Å². The molecule has 1 amide bonds. The van der Waals surface area contributed by atoms with Crippen LogP contribution in [0.1, 0.15) is 10.5 Å². The molecule has 0 aliphatic carbocycles. The first-order valence-corrected chi connectivity index (χ1v) is 5.72. The minimum Gasteiger partial charge on any atom is -0.345 e. The van der Waals surface area contributed by atoms with Crippen molar-refractivity contribution >= 4 is 21.8 Å². The van der Waals surface area contributed by atoms with Gasteiger partial charge in [0.15, 0.2) is 0 Å². The van der Waals surface area contributed by atoms with Gasteiger partial charge in [-0.2, -0.15) is 0 Å². The van der Waals surface area contributed by atoms with Crippen molar-refractivity contribution in [3.8, 4) is 0 Å². The fourth-order valence-electron chi connectivity index (χ4n) is 1.45. The summed E-state index contributed by atoms with van der Waals surface area (Å²) in [5.74, 6) is -0.0204. The molecule has 16 heavy (non-hydrogen) atoms. The van der Waals surface area contributed by atoms with E-state index in [-0.39, 0.29) is 5.91 Å². The number of rotatable bonds is 5. The Kier molecular flexibility index (Phi) is 4.55. The van der Waals surface area contributed by atoms with Gasteiger partial charge in [-0.05, 0) is 22.0 Å². The van der Waals surface area contributed by atoms with E-state index in [4.69, 9.17) is 0 Å². The number of carbonyl (C=O) groups excluding carboxylic acids is 1. The molecule has 0 saturated heterocycles. The van der Waals surface area contributed by atoms with Crippen molar-refractivity contribution in [3.05, 3.63) is 47.7 Å². The Morgan fingerprint density at radius 3 is 2.44 bits per heavy atom. The zero-order valence-corrected chi connectivity index (χ0v) is 10.9. The summed E-state index contributed by atoms with van der Waals surface area (Å²) in [7, 11) is 1.85. The van der Waals surface area contributed by atoms with Gasteiger partial charge in [0.05, 0.1) is 0 Å². The van der Waals surface area contributed by atoms with Crippen LogP contribution in [0.4, 0.5) is 0 Å². The molecular weight excluding hydrogens is 268 g/mol. The van der Waals surface area contributed by atoms with Crippen LogP contribution in [0.2, 0.25) is 0 Å². The summed E-state index contributed by atoms with van der Waals surface area (Å²) in [6.07, 6.45) is 5.27. The van der Waals surface area contributed by atoms with E-state index < -0.39 is 0 Å². The highest BCUT2D eigenvalue weighted by molar-refractivity contribution is 9.10. The van der Waals surface area contributed by atoms with Crippen molar-refractivity contribution in [1.82, 2.24) is 9.47 Å². The van der Waals surface area contributed by atoms with Crippen LogP contribution >= 0.6 is 15.9 Å². The molecule has 1 heterocycles. The van der Waals surface area contributed by atoms with Gasteiger partial charge in [0.2, 0.25) is 0 Å². The highest BCUT2D eigenvalue weighted by Crippen LogP contribution is 2.15. The molecule has 0 atom stereocenters. The van der Waals surface area contributed by atoms with Gasteiger partial charge in [-0.3, -0.25) is 4.79 Å². The molecule has 0 unspecified atom stereocenters. The van der Waals surface area contributed by atoms with Crippen LogP contribution in [-0.2, 0) is 7.05 Å². The minimum atomic E-state index is -0.0204. The first-order valence-electron chi connectivity index (χ1n) is 4.93. The third-order valence-corrected chi connectivity index (χ3v) is 2.61. The van der Waals surface area contributed by atoms with Crippen LogP contribution in [0, 0.1) is 0 Å². The lowest BCUT2D eigenvalue weighted by Gasteiger charge is -2.19. The predicted octanol–water partition coefficient (Wildman–Crippen LogP) is 2.60. The topological polar surface area (TPSA) is 25.2 Å². The molecule has 0 fully saturated rings. The fourth-order valence-corrected chi connectivity index (χ4v) is 1.97. The number of halogens is 1. The average Bonchev–Trinajstić information content (AvgIpc) is 2.56. The second-order valence-corrected chi connectivity index (χ2v) is 4.36. The fraction of sp³-hybridized carbons (Fsp3) is 0.250. The molecule has 1 aromatic heterocycles. The van der Waals surface area contributed by atoms with E-state index in [9.17, 15) is 4.79 Å². The van der Waals surface area contributed by atoms with Crippen LogP contribution in [0.5, 0.6) is 0 Å². The summed E-state index contributed by atoms with van der Waals surface area (Å²) in [5, 5.41) is 0. The van der Waals surface area contributed by atoms with Gasteiger partial charge in [-0.25, -0.2) is 0 Å². The highest BCUT2D eigenvalue weighted by atomic mass is 79.9. The number of aryl methyl sites for hydroxylation is 1. The Labute approximate surface area is 104 Å². The molecular formula is C12H15BrN2O. The molecule has 0 aliphatic heterocycles. The SMILES string of the molecule is C=CCN(CC=C)C(=O)c1cc(Br)cn1C. The number of nitrogens with zero attached hydrogens (tertiary/aromatic N) is 2. The van der Waals surface area contributed by atoms with E-state index in [2.05, 4.69) is 29.1 Å². The lowest BCUT2D eigenvalue weighted by molar-refractivity contribution is 0.0781. The lowest BCUT2D eigenvalue weighted by atomic mass is 10.3. The van der Waals surface area contributed by atoms with Crippen molar-refractivity contribution in [2.24, 2.45) is 7.05 Å². The molecule has 3 nitrogen and oxygen atoms in total. The van der Waals surface area contributed by atoms with Crippen molar-refractivity contribution in [2.75, 3.05) is 13.1 Å². The third-order valence-electron chi connectivity index (χ3n) is 2.18. The Hall–Kier alpha value is -1.29. The van der Waals surface area contributed by atoms with E-state index in [0.717, 1.165) is 4.47 Å². The maximum absolute atomic E-state index is 12.1. The third kappa shape index (κ3) is 2.85. The number of hydrogen-bond acceptors (Lipinski definition) is 1. The molecule has 0 spiro atoms. The van der Waals surface area contributed by atoms with Crippen molar-refractivity contribution in [2.45, 2.75) is 0 Å². The minimum absolute atomic E-state index is 0.0204. The Bertz CT molecular complexity index is 399. The number of carbonyl (C=O) groups is 1. The standard InChI is InChI=1S/C12H15BrN2O/c1-4-6-15(7-5-2)12(16)11-8-10(13)9-14(11)3/h4-5,8-9H,1-2,6-7H2,3H3. The molecule has 1 aromatic rings. The van der Waals surface area contributed by atoms with Gasteiger partial charge in [-0.15, -0.1) is 13.2 Å². The van der Waals surface area contributed by atoms with Gasteiger partial charge in [0.25, 0.3) is 5.91 Å². The average molecular weight is 283 g/mol. The summed E-state index contributed by atoms with van der Waals surface area (Å²) in [6, 6.07) is 1.81. The van der Waals surface area contributed by atoms with Gasteiger partial charge < -0.3 is 9.47 Å². The molecule has 0 radical (unpaired) electrons. The van der Waals surface area contributed by atoms with Gasteiger partial charge in [0.1, 0.15) is 5.69 Å². The normalized spacial score (nSPS) is 9.88. The Balaban J connectivity index is 2.93. The zero-order chi connectivity index (χ0) is 12.1. The molecule has 0 aliphatic rings. The molecule has 0 aromatic carbocycles. The van der Waals surface area contributed by atoms with E-state index in [1.165, 1.54) is 0 Å². The first-order chi connectivity index (χ1) is 7.60. The quantitative estimate of drug-likeness (QED) is 0.762. The summed E-state index contributed by atoms with van der Waals surface area (Å²) in [5.41, 5.74) is 0.649. The van der Waals surface area contributed by atoms with E-state index in [1.807, 2.05) is 19.3 Å². The van der Waals surface area contributed by atoms with Gasteiger partial charge in [-0.1, -0.05) is 12.2 Å². The highest BCUT2D eigenvalue weighted by Gasteiger charge is 2.16. The van der Waals surface area contributed by atoms with Gasteiger partial charge >= 0.3 is 0 Å². The zero-order valence-electron chi connectivity index (χ0n) is 9.32. The molecule has 0 N–H and O–H groups in total. The van der Waals surface area contributed by atoms with Crippen LogP contribution < -0.4 is 0 Å². The van der Waals surface area contributed by atoms with Crippen molar-refractivity contribution in [3.63, 3.8) is 0 Å². The Morgan fingerprint density at radius 1 is 1.50 bits per heavy atom. The summed E-state index contributed by atoms with van der Waals surface area (Å²) in [6.45, 7) is 8.33. The number of amides is 1. The van der Waals surface area contributed by atoms with E-state index in [1.54, 1.807) is 21.6 Å². The van der Waals surface area contributed by atoms with Crippen LogP contribution in [0.3, 0.4) is 0 Å². The first kappa shape index (κ1) is 12.8. The monoisotopic (exact) mass is 282 g/mol. The summed E-state index contributed by atoms with van der Waals surface area (Å²) in [4.78, 5) is 13.8. The largest absolute Gasteiger partial charge is 0.345 e. The van der Waals surface area contributed by atoms with Crippen LogP contribution in [-0.4, -0.2) is 28.5 Å². The van der Waals surface area contributed by atoms with Crippen molar-refractivity contribution < 1.29 is 4.79 Å². The van der Waals surface area contributed by atoms with E-state index >= 15 is 0 Å². The molecule has 4 heteroatoms. The van der Waals surface area contributed by atoms with Gasteiger partial charge in [0, 0.05) is 30.8 Å². The summed E-state index contributed by atoms with van der Waals surface area (Å²) < 4.78 is 2.70. The predicted molar refractivity (Wildman–Crippen MR) is 69.4 cm³/mol. The Morgan fingerprint density at radius 2 is 2.06 bits per heavy atom. The smallest absolute Gasteiger partial charge is 0.271 e.